The number of rotatable bonds is 6. The SMILES string of the molecule is CC(=O)Nc1ccc(-c2cccc(C(=O)NC(c3nccn3C)C3CC3)c2)cc1.O=CO. The van der Waals surface area contributed by atoms with Crippen LogP contribution in [-0.2, 0) is 16.6 Å². The van der Waals surface area contributed by atoms with Gasteiger partial charge in [-0.2, -0.15) is 0 Å². The van der Waals surface area contributed by atoms with Crippen LogP contribution < -0.4 is 10.6 Å². The van der Waals surface area contributed by atoms with Crippen molar-refractivity contribution < 1.29 is 19.5 Å². The summed E-state index contributed by atoms with van der Waals surface area (Å²) in [6.45, 7) is 1.23. The number of carbonyl (C=O) groups is 3. The minimum Gasteiger partial charge on any atom is -0.483 e. The molecule has 2 amide bonds. The van der Waals surface area contributed by atoms with E-state index in [1.54, 1.807) is 6.20 Å². The standard InChI is InChI=1S/C23H24N4O2.CH2O2/c1-15(28)25-20-10-8-16(9-11-20)18-4-3-5-19(14-18)23(29)26-21(17-6-7-17)22-24-12-13-27(22)2;2-1-3/h3-5,8-14,17,21H,6-7H2,1-2H3,(H,25,28)(H,26,29);1H,(H,2,3). The van der Waals surface area contributed by atoms with E-state index in [0.717, 1.165) is 35.5 Å². The molecule has 1 aromatic heterocycles. The van der Waals surface area contributed by atoms with Crippen LogP contribution in [0.25, 0.3) is 11.1 Å². The molecule has 1 saturated carbocycles. The number of carboxylic acid groups (broad SMARTS) is 1. The fourth-order valence-corrected chi connectivity index (χ4v) is 3.51. The third-order valence-corrected chi connectivity index (χ3v) is 5.18. The zero-order valence-electron chi connectivity index (χ0n) is 18.0. The molecular weight excluding hydrogens is 408 g/mol. The molecule has 1 aliphatic rings. The number of nitrogens with zero attached hydrogens (tertiary/aromatic N) is 2. The zero-order valence-corrected chi connectivity index (χ0v) is 18.0. The van der Waals surface area contributed by atoms with E-state index in [1.165, 1.54) is 6.92 Å². The Labute approximate surface area is 186 Å². The molecule has 8 heteroatoms. The number of imidazole rings is 1. The van der Waals surface area contributed by atoms with Gasteiger partial charge in [0.15, 0.2) is 0 Å². The summed E-state index contributed by atoms with van der Waals surface area (Å²) < 4.78 is 1.97. The number of aromatic nitrogens is 2. The topological polar surface area (TPSA) is 113 Å². The summed E-state index contributed by atoms with van der Waals surface area (Å²) in [5, 5.41) is 12.8. The quantitative estimate of drug-likeness (QED) is 0.513. The molecule has 0 aliphatic heterocycles. The van der Waals surface area contributed by atoms with Gasteiger partial charge in [0.2, 0.25) is 5.91 Å². The number of carbonyl (C=O) groups excluding carboxylic acids is 2. The Morgan fingerprint density at radius 1 is 1.16 bits per heavy atom. The maximum atomic E-state index is 13.0. The van der Waals surface area contributed by atoms with E-state index in [2.05, 4.69) is 15.6 Å². The summed E-state index contributed by atoms with van der Waals surface area (Å²) in [5.41, 5.74) is 3.30. The molecule has 0 spiro atoms. The van der Waals surface area contributed by atoms with Crippen LogP contribution in [0.15, 0.2) is 60.9 Å². The average Bonchev–Trinajstić information content (AvgIpc) is 3.53. The summed E-state index contributed by atoms with van der Waals surface area (Å²) in [6.07, 6.45) is 5.89. The van der Waals surface area contributed by atoms with Crippen LogP contribution >= 0.6 is 0 Å². The van der Waals surface area contributed by atoms with Crippen LogP contribution in [0, 0.1) is 5.92 Å². The molecule has 1 heterocycles. The summed E-state index contributed by atoms with van der Waals surface area (Å²) in [7, 11) is 1.95. The highest BCUT2D eigenvalue weighted by Gasteiger charge is 2.35. The second-order valence-corrected chi connectivity index (χ2v) is 7.63. The van der Waals surface area contributed by atoms with Crippen molar-refractivity contribution in [3.63, 3.8) is 0 Å². The van der Waals surface area contributed by atoms with Gasteiger partial charge in [-0.1, -0.05) is 24.3 Å². The van der Waals surface area contributed by atoms with Crippen LogP contribution in [0.2, 0.25) is 0 Å². The number of nitrogens with one attached hydrogen (secondary N) is 2. The van der Waals surface area contributed by atoms with Gasteiger partial charge in [0.1, 0.15) is 5.82 Å². The number of amides is 2. The lowest BCUT2D eigenvalue weighted by Crippen LogP contribution is -2.31. The first-order chi connectivity index (χ1) is 15.4. The van der Waals surface area contributed by atoms with Gasteiger partial charge in [-0.15, -0.1) is 0 Å². The maximum Gasteiger partial charge on any atom is 0.290 e. The number of benzene rings is 2. The summed E-state index contributed by atoms with van der Waals surface area (Å²) in [5.74, 6) is 1.14. The molecule has 1 fully saturated rings. The van der Waals surface area contributed by atoms with Gasteiger partial charge in [0.25, 0.3) is 12.4 Å². The predicted molar refractivity (Wildman–Crippen MR) is 121 cm³/mol. The first-order valence-electron chi connectivity index (χ1n) is 10.3. The van der Waals surface area contributed by atoms with Gasteiger partial charge in [-0.05, 0) is 54.2 Å². The van der Waals surface area contributed by atoms with E-state index < -0.39 is 0 Å². The molecular formula is C24H26N4O4. The Morgan fingerprint density at radius 2 is 1.84 bits per heavy atom. The van der Waals surface area contributed by atoms with E-state index in [4.69, 9.17) is 9.90 Å². The molecule has 3 aromatic rings. The summed E-state index contributed by atoms with van der Waals surface area (Å²) in [4.78, 5) is 36.9. The molecule has 0 radical (unpaired) electrons. The predicted octanol–water partition coefficient (Wildman–Crippen LogP) is 3.63. The van der Waals surface area contributed by atoms with Gasteiger partial charge in [0.05, 0.1) is 6.04 Å². The average molecular weight is 434 g/mol. The smallest absolute Gasteiger partial charge is 0.290 e. The molecule has 0 bridgehead atoms. The van der Waals surface area contributed by atoms with Crippen molar-refractivity contribution in [3.8, 4) is 11.1 Å². The van der Waals surface area contributed by atoms with Crippen LogP contribution in [0.1, 0.15) is 42.0 Å². The largest absolute Gasteiger partial charge is 0.483 e. The van der Waals surface area contributed by atoms with Gasteiger partial charge < -0.3 is 20.3 Å². The summed E-state index contributed by atoms with van der Waals surface area (Å²) >= 11 is 0. The zero-order chi connectivity index (χ0) is 23.1. The molecule has 0 saturated heterocycles. The number of hydrogen-bond acceptors (Lipinski definition) is 4. The molecule has 4 rings (SSSR count). The number of hydrogen-bond donors (Lipinski definition) is 3. The van der Waals surface area contributed by atoms with Gasteiger partial charge in [0, 0.05) is 37.6 Å². The fraction of sp³-hybridized carbons (Fsp3) is 0.250. The van der Waals surface area contributed by atoms with Crippen LogP contribution in [-0.4, -0.2) is 32.9 Å². The van der Waals surface area contributed by atoms with Crippen molar-refractivity contribution >= 4 is 24.0 Å². The van der Waals surface area contributed by atoms with Gasteiger partial charge in [-0.3, -0.25) is 14.4 Å². The lowest BCUT2D eigenvalue weighted by molar-refractivity contribution is -0.123. The van der Waals surface area contributed by atoms with E-state index in [0.29, 0.717) is 11.5 Å². The van der Waals surface area contributed by atoms with Crippen LogP contribution in [0.4, 0.5) is 5.69 Å². The summed E-state index contributed by atoms with van der Waals surface area (Å²) in [6, 6.07) is 15.1. The van der Waals surface area contributed by atoms with Crippen LogP contribution in [0.3, 0.4) is 0 Å². The van der Waals surface area contributed by atoms with Gasteiger partial charge >= 0.3 is 0 Å². The molecule has 3 N–H and O–H groups in total. The lowest BCUT2D eigenvalue weighted by Gasteiger charge is -2.18. The second-order valence-electron chi connectivity index (χ2n) is 7.63. The Morgan fingerprint density at radius 3 is 2.41 bits per heavy atom. The third-order valence-electron chi connectivity index (χ3n) is 5.18. The number of aryl methyl sites for hydroxylation is 1. The highest BCUT2D eigenvalue weighted by molar-refractivity contribution is 5.96. The maximum absolute atomic E-state index is 13.0. The van der Waals surface area contributed by atoms with Crippen LogP contribution in [0.5, 0.6) is 0 Å². The van der Waals surface area contributed by atoms with Crippen molar-refractivity contribution in [1.29, 1.82) is 0 Å². The van der Waals surface area contributed by atoms with E-state index in [9.17, 15) is 9.59 Å². The molecule has 1 aliphatic carbocycles. The van der Waals surface area contributed by atoms with Gasteiger partial charge in [-0.25, -0.2) is 4.98 Å². The Bertz CT molecular complexity index is 1090. The Kier molecular flexibility index (Phi) is 7.38. The van der Waals surface area contributed by atoms with Crippen molar-refractivity contribution in [1.82, 2.24) is 14.9 Å². The Hall–Kier alpha value is -3.94. The monoisotopic (exact) mass is 434 g/mol. The molecule has 1 atom stereocenters. The Balaban J connectivity index is 0.000000913. The third kappa shape index (κ3) is 5.81. The molecule has 1 unspecified atom stereocenters. The van der Waals surface area contributed by atoms with E-state index in [1.807, 2.05) is 66.3 Å². The fourth-order valence-electron chi connectivity index (χ4n) is 3.51. The highest BCUT2D eigenvalue weighted by atomic mass is 16.3. The van der Waals surface area contributed by atoms with Crippen molar-refractivity contribution in [2.45, 2.75) is 25.8 Å². The molecule has 8 nitrogen and oxygen atoms in total. The van der Waals surface area contributed by atoms with E-state index in [-0.39, 0.29) is 24.3 Å². The van der Waals surface area contributed by atoms with Crippen molar-refractivity contribution in [2.24, 2.45) is 13.0 Å². The highest BCUT2D eigenvalue weighted by Crippen LogP contribution is 2.40. The molecule has 32 heavy (non-hydrogen) atoms. The lowest BCUT2D eigenvalue weighted by atomic mass is 10.0. The normalized spacial score (nSPS) is 13.3. The molecule has 2 aromatic carbocycles. The van der Waals surface area contributed by atoms with Crippen molar-refractivity contribution in [2.75, 3.05) is 5.32 Å². The first kappa shape index (κ1) is 22.7. The van der Waals surface area contributed by atoms with Crippen molar-refractivity contribution in [3.05, 3.63) is 72.3 Å². The molecule has 166 valence electrons. The first-order valence-corrected chi connectivity index (χ1v) is 10.3. The minimum absolute atomic E-state index is 0.0666. The van der Waals surface area contributed by atoms with E-state index >= 15 is 0 Å². The number of anilines is 1. The second kappa shape index (κ2) is 10.4. The minimum atomic E-state index is -0.250.